The molecule has 0 aliphatic carbocycles. The summed E-state index contributed by atoms with van der Waals surface area (Å²) in [6, 6.07) is 1.94. The average Bonchev–Trinajstić information content (AvgIpc) is 2.65. The molecule has 5 nitrogen and oxygen atoms in total. The molecule has 0 saturated heterocycles. The Bertz CT molecular complexity index is 739. The first-order valence-corrected chi connectivity index (χ1v) is 7.30. The van der Waals surface area contributed by atoms with Crippen LogP contribution in [0.2, 0.25) is 5.15 Å². The Morgan fingerprint density at radius 3 is 2.50 bits per heavy atom. The second-order valence-electron chi connectivity index (χ2n) is 5.28. The first-order valence-electron chi connectivity index (χ1n) is 6.92. The van der Waals surface area contributed by atoms with Crippen molar-refractivity contribution in [3.8, 4) is 0 Å². The maximum absolute atomic E-state index is 12.1. The second-order valence-corrected chi connectivity index (χ2v) is 5.64. The Morgan fingerprint density at radius 2 is 1.95 bits per heavy atom. The van der Waals surface area contributed by atoms with Gasteiger partial charge in [0.25, 0.3) is 0 Å². The van der Waals surface area contributed by atoms with Crippen LogP contribution >= 0.6 is 11.6 Å². The number of rotatable bonds is 3. The number of aryl methyl sites for hydroxylation is 5. The van der Waals surface area contributed by atoms with Gasteiger partial charge in [0.05, 0.1) is 17.1 Å². The molecule has 1 N–H and O–H groups in total. The molecule has 0 radical (unpaired) electrons. The summed E-state index contributed by atoms with van der Waals surface area (Å²) in [5.74, 6) is -0.226. The van der Waals surface area contributed by atoms with E-state index in [9.17, 15) is 4.79 Å². The molecule has 22 heavy (non-hydrogen) atoms. The fourth-order valence-corrected chi connectivity index (χ4v) is 2.61. The number of halogens is 1. The highest BCUT2D eigenvalue weighted by Gasteiger charge is 2.10. The van der Waals surface area contributed by atoms with Crippen LogP contribution in [0.3, 0.4) is 0 Å². The summed E-state index contributed by atoms with van der Waals surface area (Å²) < 4.78 is 1.58. The summed E-state index contributed by atoms with van der Waals surface area (Å²) in [6.07, 6.45) is 3.13. The van der Waals surface area contributed by atoms with E-state index in [0.29, 0.717) is 5.15 Å². The highest BCUT2D eigenvalue weighted by atomic mass is 35.5. The number of carbonyl (C=O) groups is 1. The number of aromatic nitrogens is 3. The standard InChI is InChI=1S/C16H19ClN4O/c1-9-8-10(2)18-12(4)15(9)19-14(22)7-6-13-11(3)20-21(5)16(13)17/h6-8H,1-5H3,(H,19,22)/b7-6+. The minimum Gasteiger partial charge on any atom is -0.321 e. The molecule has 0 aromatic carbocycles. The van der Waals surface area contributed by atoms with E-state index < -0.39 is 0 Å². The Hall–Kier alpha value is -2.14. The van der Waals surface area contributed by atoms with Gasteiger partial charge in [-0.15, -0.1) is 0 Å². The molecule has 0 spiro atoms. The third-order valence-electron chi connectivity index (χ3n) is 3.37. The summed E-state index contributed by atoms with van der Waals surface area (Å²) >= 11 is 6.13. The number of anilines is 1. The number of hydrogen-bond acceptors (Lipinski definition) is 3. The molecule has 0 bridgehead atoms. The maximum atomic E-state index is 12.1. The maximum Gasteiger partial charge on any atom is 0.248 e. The lowest BCUT2D eigenvalue weighted by Gasteiger charge is -2.10. The van der Waals surface area contributed by atoms with Gasteiger partial charge < -0.3 is 5.32 Å². The van der Waals surface area contributed by atoms with Gasteiger partial charge in [-0.2, -0.15) is 5.10 Å². The Morgan fingerprint density at radius 1 is 1.27 bits per heavy atom. The van der Waals surface area contributed by atoms with E-state index >= 15 is 0 Å². The van der Waals surface area contributed by atoms with Crippen molar-refractivity contribution in [3.05, 3.63) is 45.5 Å². The fraction of sp³-hybridized carbons (Fsp3) is 0.312. The lowest BCUT2D eigenvalue weighted by Crippen LogP contribution is -2.11. The molecule has 116 valence electrons. The molecule has 0 aliphatic heterocycles. The van der Waals surface area contributed by atoms with Crippen molar-refractivity contribution in [3.63, 3.8) is 0 Å². The zero-order valence-electron chi connectivity index (χ0n) is 13.4. The predicted octanol–water partition coefficient (Wildman–Crippen LogP) is 3.35. The van der Waals surface area contributed by atoms with Crippen LogP contribution in [0.15, 0.2) is 12.1 Å². The van der Waals surface area contributed by atoms with Gasteiger partial charge in [-0.3, -0.25) is 14.5 Å². The summed E-state index contributed by atoms with van der Waals surface area (Å²) in [7, 11) is 1.76. The zero-order chi connectivity index (χ0) is 16.4. The number of nitrogens with zero attached hydrogens (tertiary/aromatic N) is 3. The van der Waals surface area contributed by atoms with Gasteiger partial charge in [-0.05, 0) is 45.4 Å². The van der Waals surface area contributed by atoms with Crippen molar-refractivity contribution in [2.75, 3.05) is 5.32 Å². The van der Waals surface area contributed by atoms with Gasteiger partial charge in [0.1, 0.15) is 5.15 Å². The van der Waals surface area contributed by atoms with Crippen molar-refractivity contribution in [2.45, 2.75) is 27.7 Å². The Labute approximate surface area is 135 Å². The van der Waals surface area contributed by atoms with Crippen LogP contribution in [0.4, 0.5) is 5.69 Å². The fourth-order valence-electron chi connectivity index (χ4n) is 2.37. The Kier molecular flexibility index (Phi) is 4.66. The van der Waals surface area contributed by atoms with E-state index in [1.54, 1.807) is 17.8 Å². The van der Waals surface area contributed by atoms with E-state index in [1.807, 2.05) is 33.8 Å². The van der Waals surface area contributed by atoms with Gasteiger partial charge in [-0.25, -0.2) is 0 Å². The van der Waals surface area contributed by atoms with Crippen LogP contribution < -0.4 is 5.32 Å². The molecule has 0 aliphatic rings. The molecule has 2 heterocycles. The van der Waals surface area contributed by atoms with Crippen molar-refractivity contribution in [1.82, 2.24) is 14.8 Å². The quantitative estimate of drug-likeness (QED) is 0.883. The monoisotopic (exact) mass is 318 g/mol. The normalized spacial score (nSPS) is 11.2. The highest BCUT2D eigenvalue weighted by molar-refractivity contribution is 6.31. The van der Waals surface area contributed by atoms with E-state index in [-0.39, 0.29) is 5.91 Å². The van der Waals surface area contributed by atoms with Crippen LogP contribution in [0.5, 0.6) is 0 Å². The minimum absolute atomic E-state index is 0.226. The molecule has 0 saturated carbocycles. The summed E-state index contributed by atoms with van der Waals surface area (Å²) in [5, 5.41) is 7.57. The van der Waals surface area contributed by atoms with Crippen molar-refractivity contribution < 1.29 is 4.79 Å². The van der Waals surface area contributed by atoms with E-state index in [1.165, 1.54) is 6.08 Å². The van der Waals surface area contributed by atoms with Gasteiger partial charge in [0, 0.05) is 24.4 Å². The van der Waals surface area contributed by atoms with E-state index in [0.717, 1.165) is 33.9 Å². The largest absolute Gasteiger partial charge is 0.321 e. The number of pyridine rings is 1. The molecular weight excluding hydrogens is 300 g/mol. The van der Waals surface area contributed by atoms with Gasteiger partial charge in [0.2, 0.25) is 5.91 Å². The van der Waals surface area contributed by atoms with Crippen LogP contribution in [-0.2, 0) is 11.8 Å². The first kappa shape index (κ1) is 16.2. The minimum atomic E-state index is -0.226. The lowest BCUT2D eigenvalue weighted by atomic mass is 10.1. The molecule has 2 rings (SSSR count). The van der Waals surface area contributed by atoms with Crippen molar-refractivity contribution in [1.29, 1.82) is 0 Å². The van der Waals surface area contributed by atoms with Crippen LogP contribution in [0.1, 0.15) is 28.2 Å². The highest BCUT2D eigenvalue weighted by Crippen LogP contribution is 2.21. The average molecular weight is 319 g/mol. The van der Waals surface area contributed by atoms with Crippen molar-refractivity contribution in [2.24, 2.45) is 7.05 Å². The summed E-state index contributed by atoms with van der Waals surface area (Å²) in [4.78, 5) is 16.5. The molecule has 2 aromatic heterocycles. The number of hydrogen-bond donors (Lipinski definition) is 1. The van der Waals surface area contributed by atoms with Gasteiger partial charge in [-0.1, -0.05) is 11.6 Å². The number of nitrogens with one attached hydrogen (secondary N) is 1. The molecule has 0 fully saturated rings. The predicted molar refractivity (Wildman–Crippen MR) is 89.1 cm³/mol. The molecule has 1 amide bonds. The third kappa shape index (κ3) is 3.36. The van der Waals surface area contributed by atoms with Crippen LogP contribution in [0, 0.1) is 27.7 Å². The third-order valence-corrected chi connectivity index (χ3v) is 3.82. The topological polar surface area (TPSA) is 59.8 Å². The summed E-state index contributed by atoms with van der Waals surface area (Å²) in [5.41, 5.74) is 4.99. The molecule has 0 atom stereocenters. The van der Waals surface area contributed by atoms with Gasteiger partial charge >= 0.3 is 0 Å². The van der Waals surface area contributed by atoms with Crippen LogP contribution in [-0.4, -0.2) is 20.7 Å². The molecular formula is C16H19ClN4O. The van der Waals surface area contributed by atoms with E-state index in [2.05, 4.69) is 15.4 Å². The SMILES string of the molecule is Cc1cc(C)c(NC(=O)/C=C/c2c(C)nn(C)c2Cl)c(C)n1. The number of amides is 1. The first-order chi connectivity index (χ1) is 10.3. The molecule has 2 aromatic rings. The lowest BCUT2D eigenvalue weighted by molar-refractivity contribution is -0.111. The van der Waals surface area contributed by atoms with E-state index in [4.69, 9.17) is 11.6 Å². The zero-order valence-corrected chi connectivity index (χ0v) is 14.1. The Balaban J connectivity index is 2.19. The molecule has 0 unspecified atom stereocenters. The van der Waals surface area contributed by atoms with Crippen LogP contribution in [0.25, 0.3) is 6.08 Å². The number of carbonyl (C=O) groups excluding carboxylic acids is 1. The molecule has 6 heteroatoms. The van der Waals surface area contributed by atoms with Gasteiger partial charge in [0.15, 0.2) is 0 Å². The smallest absolute Gasteiger partial charge is 0.248 e. The summed E-state index contributed by atoms with van der Waals surface area (Å²) in [6.45, 7) is 7.60. The van der Waals surface area contributed by atoms with Crippen molar-refractivity contribution >= 4 is 29.3 Å². The second kappa shape index (κ2) is 6.32.